The predicted octanol–water partition coefficient (Wildman–Crippen LogP) is 1.51. The summed E-state index contributed by atoms with van der Waals surface area (Å²) in [6.45, 7) is 0. The molecule has 0 saturated heterocycles. The maximum atomic E-state index is 10.9. The van der Waals surface area contributed by atoms with Crippen LogP contribution in [0, 0.1) is 0 Å². The van der Waals surface area contributed by atoms with Gasteiger partial charge in [-0.1, -0.05) is 0 Å². The quantitative estimate of drug-likeness (QED) is 0.318. The second kappa shape index (κ2) is 2.46. The second-order valence-corrected chi connectivity index (χ2v) is 0.625. The van der Waals surface area contributed by atoms with Crippen LogP contribution in [0.3, 0.4) is 0 Å². The summed E-state index contributed by atoms with van der Waals surface area (Å²) in [7, 11) is 0. The summed E-state index contributed by atoms with van der Waals surface area (Å²) in [5.41, 5.74) is 0. The smallest absolute Gasteiger partial charge is 0.303 e. The highest BCUT2D eigenvalue weighted by molar-refractivity contribution is 4.78. The highest BCUT2D eigenvalue weighted by atomic mass is 19.3. The first-order valence-corrected chi connectivity index (χ1v) is 1.20. The van der Waals surface area contributed by atoms with Crippen molar-refractivity contribution in [3.8, 4) is 0 Å². The van der Waals surface area contributed by atoms with E-state index in [1.165, 1.54) is 0 Å². The highest BCUT2D eigenvalue weighted by Gasteiger charge is 2.03. The molecule has 0 aromatic carbocycles. The molecule has 0 radical (unpaired) electrons. The van der Waals surface area contributed by atoms with E-state index in [1.807, 2.05) is 0 Å². The van der Waals surface area contributed by atoms with E-state index < -0.39 is 12.1 Å². The lowest BCUT2D eigenvalue weighted by molar-refractivity contribution is -0.227. The molecule has 5 heteroatoms. The molecule has 0 amide bonds. The second-order valence-electron chi connectivity index (χ2n) is 0.625. The van der Waals surface area contributed by atoms with E-state index >= 15 is 0 Å². The molecule has 0 unspecified atom stereocenters. The van der Waals surface area contributed by atoms with E-state index in [1.54, 1.807) is 0 Å². The zero-order chi connectivity index (χ0) is 5.86. The largest absolute Gasteiger partial charge is 0.375 e. The summed E-state index contributed by atoms with van der Waals surface area (Å²) in [5.74, 6) is 0. The molecule has 0 aliphatic carbocycles. The normalized spacial score (nSPS) is 8.00. The van der Waals surface area contributed by atoms with Gasteiger partial charge >= 0.3 is 12.1 Å². The van der Waals surface area contributed by atoms with Gasteiger partial charge in [-0.15, -0.1) is 0 Å². The Bertz CT molecular complexity index is 84.9. The van der Waals surface area contributed by atoms with Crippen LogP contribution in [0.2, 0.25) is 0 Å². The Labute approximate surface area is 36.7 Å². The molecule has 0 rings (SSSR count). The fourth-order valence-corrected chi connectivity index (χ4v) is 0.0345. The molecule has 0 spiro atoms. The molecule has 0 fully saturated rings. The molecule has 0 bridgehead atoms. The van der Waals surface area contributed by atoms with Crippen LogP contribution < -0.4 is 0 Å². The molecule has 1 N–H and O–H groups in total. The van der Waals surface area contributed by atoms with Crippen LogP contribution in [0.15, 0.2) is 12.1 Å². The van der Waals surface area contributed by atoms with Gasteiger partial charge in [-0.3, -0.25) is 0 Å². The number of rotatable bonds is 1. The molecule has 7 heavy (non-hydrogen) atoms. The Morgan fingerprint density at radius 1 is 1.29 bits per heavy atom. The standard InChI is InChI=1S/C2HF3O2/c3-1(4)2(5)7-6/h6H. The summed E-state index contributed by atoms with van der Waals surface area (Å²) in [4.78, 5) is 2.47. The molecular weight excluding hydrogens is 113 g/mol. The lowest BCUT2D eigenvalue weighted by atomic mass is 11.0. The van der Waals surface area contributed by atoms with Crippen LogP contribution in [0.25, 0.3) is 0 Å². The summed E-state index contributed by atoms with van der Waals surface area (Å²) >= 11 is 0. The molecule has 42 valence electrons. The zero-order valence-electron chi connectivity index (χ0n) is 2.99. The molecule has 0 saturated carbocycles. The van der Waals surface area contributed by atoms with E-state index in [4.69, 9.17) is 5.26 Å². The molecule has 2 nitrogen and oxygen atoms in total. The zero-order valence-corrected chi connectivity index (χ0v) is 2.99. The minimum absolute atomic E-state index is 2.26. The van der Waals surface area contributed by atoms with Crippen molar-refractivity contribution < 1.29 is 23.3 Å². The predicted molar refractivity (Wildman–Crippen MR) is 14.1 cm³/mol. The summed E-state index contributed by atoms with van der Waals surface area (Å²) in [6.07, 6.45) is -2.68. The number of hydrogen-bond acceptors (Lipinski definition) is 2. The average molecular weight is 114 g/mol. The van der Waals surface area contributed by atoms with Gasteiger partial charge < -0.3 is 4.89 Å². The van der Waals surface area contributed by atoms with E-state index in [-0.39, 0.29) is 0 Å². The van der Waals surface area contributed by atoms with Crippen molar-refractivity contribution in [2.24, 2.45) is 0 Å². The lowest BCUT2D eigenvalue weighted by Crippen LogP contribution is -1.77. The summed E-state index contributed by atoms with van der Waals surface area (Å²) < 4.78 is 32.2. The van der Waals surface area contributed by atoms with E-state index in [2.05, 4.69) is 4.89 Å². The van der Waals surface area contributed by atoms with Crippen LogP contribution in [0.1, 0.15) is 0 Å². The minimum Gasteiger partial charge on any atom is -0.303 e. The Kier molecular flexibility index (Phi) is 2.21. The Morgan fingerprint density at radius 2 is 1.71 bits per heavy atom. The molecule has 0 atom stereocenters. The highest BCUT2D eigenvalue weighted by Crippen LogP contribution is 2.07. The summed E-state index contributed by atoms with van der Waals surface area (Å²) in [5, 5.41) is 7.09. The first-order chi connectivity index (χ1) is 3.18. The molecular formula is C2HF3O2. The topological polar surface area (TPSA) is 29.5 Å². The molecule has 0 aromatic rings. The van der Waals surface area contributed by atoms with Gasteiger partial charge in [0.1, 0.15) is 0 Å². The van der Waals surface area contributed by atoms with Gasteiger partial charge in [-0.05, 0) is 0 Å². The van der Waals surface area contributed by atoms with Crippen LogP contribution in [-0.2, 0) is 4.89 Å². The molecule has 0 heterocycles. The van der Waals surface area contributed by atoms with Crippen LogP contribution in [-0.4, -0.2) is 5.26 Å². The fourth-order valence-electron chi connectivity index (χ4n) is 0.0345. The van der Waals surface area contributed by atoms with E-state index in [0.29, 0.717) is 0 Å². The van der Waals surface area contributed by atoms with Gasteiger partial charge in [-0.2, -0.15) is 13.2 Å². The molecule has 0 aliphatic rings. The van der Waals surface area contributed by atoms with E-state index in [9.17, 15) is 13.2 Å². The van der Waals surface area contributed by atoms with Gasteiger partial charge in [0, 0.05) is 0 Å². The van der Waals surface area contributed by atoms with Crippen LogP contribution >= 0.6 is 0 Å². The van der Waals surface area contributed by atoms with E-state index in [0.717, 1.165) is 0 Å². The monoisotopic (exact) mass is 114 g/mol. The molecule has 0 aromatic heterocycles. The van der Waals surface area contributed by atoms with Crippen LogP contribution in [0.4, 0.5) is 13.2 Å². The SMILES string of the molecule is OOC(F)=C(F)F. The third-order valence-electron chi connectivity index (χ3n) is 0.229. The Morgan fingerprint density at radius 3 is 1.71 bits per heavy atom. The number of halogens is 3. The lowest BCUT2D eigenvalue weighted by Gasteiger charge is -1.83. The van der Waals surface area contributed by atoms with Crippen molar-refractivity contribution in [2.45, 2.75) is 0 Å². The van der Waals surface area contributed by atoms with Gasteiger partial charge in [0.2, 0.25) is 0 Å². The molecule has 0 aliphatic heterocycles. The van der Waals surface area contributed by atoms with Gasteiger partial charge in [-0.25, -0.2) is 5.26 Å². The summed E-state index contributed by atoms with van der Waals surface area (Å²) in [6, 6.07) is -2.26. The Balaban J connectivity index is 3.72. The average Bonchev–Trinajstić information content (AvgIpc) is 1.65. The fraction of sp³-hybridized carbons (Fsp3) is 0. The first-order valence-electron chi connectivity index (χ1n) is 1.20. The van der Waals surface area contributed by atoms with Crippen molar-refractivity contribution >= 4 is 0 Å². The van der Waals surface area contributed by atoms with Crippen molar-refractivity contribution in [3.63, 3.8) is 0 Å². The third kappa shape index (κ3) is 2.05. The third-order valence-corrected chi connectivity index (χ3v) is 0.229. The number of hydrogen-bond donors (Lipinski definition) is 1. The van der Waals surface area contributed by atoms with Gasteiger partial charge in [0.05, 0.1) is 0 Å². The maximum absolute atomic E-state index is 10.9. The van der Waals surface area contributed by atoms with Crippen molar-refractivity contribution in [1.82, 2.24) is 0 Å². The van der Waals surface area contributed by atoms with Crippen molar-refractivity contribution in [3.05, 3.63) is 12.1 Å². The first kappa shape index (κ1) is 6.29. The van der Waals surface area contributed by atoms with Crippen LogP contribution in [0.5, 0.6) is 0 Å². The van der Waals surface area contributed by atoms with Crippen molar-refractivity contribution in [2.75, 3.05) is 0 Å². The minimum atomic E-state index is -2.68. The van der Waals surface area contributed by atoms with Gasteiger partial charge in [0.15, 0.2) is 0 Å². The maximum Gasteiger partial charge on any atom is 0.375 e. The van der Waals surface area contributed by atoms with Gasteiger partial charge in [0.25, 0.3) is 0 Å². The van der Waals surface area contributed by atoms with Crippen molar-refractivity contribution in [1.29, 1.82) is 0 Å². The Hall–Kier alpha value is -0.710.